The fraction of sp³-hybridized carbons (Fsp3) is 0.765. The monoisotopic (exact) mass is 485 g/mol. The summed E-state index contributed by atoms with van der Waals surface area (Å²) in [6, 6.07) is 0. The topological polar surface area (TPSA) is 175 Å². The molecule has 0 bridgehead atoms. The molecule has 2 N–H and O–H groups in total. The summed E-state index contributed by atoms with van der Waals surface area (Å²) in [4.78, 5) is 35.2. The van der Waals surface area contributed by atoms with Gasteiger partial charge in [0.05, 0.1) is 33.5 Å². The minimum absolute atomic E-state index is 0.190. The van der Waals surface area contributed by atoms with Crippen LogP contribution in [0.4, 0.5) is 9.59 Å². The molecule has 15 heteroatoms. The van der Waals surface area contributed by atoms with Crippen LogP contribution in [-0.4, -0.2) is 89.5 Å². The molecule has 0 unspecified atom stereocenters. The Bertz CT molecular complexity index is 628. The van der Waals surface area contributed by atoms with Crippen LogP contribution in [0, 0.1) is 0 Å². The Morgan fingerprint density at radius 1 is 0.844 bits per heavy atom. The van der Waals surface area contributed by atoms with E-state index in [1.165, 1.54) is 14.2 Å². The smallest absolute Gasteiger partial charge is 0.468 e. The first-order chi connectivity index (χ1) is 15.2. The van der Waals surface area contributed by atoms with Crippen molar-refractivity contribution < 1.29 is 51.7 Å². The molecule has 186 valence electrons. The highest BCUT2D eigenvalue weighted by Gasteiger charge is 2.27. The average molecular weight is 485 g/mol. The van der Waals surface area contributed by atoms with Crippen molar-refractivity contribution in [3.8, 4) is 0 Å². The maximum Gasteiger partial charge on any atom is 0.508 e. The van der Waals surface area contributed by atoms with E-state index in [4.69, 9.17) is 33.7 Å². The first kappa shape index (κ1) is 29.4. The third-order valence-electron chi connectivity index (χ3n) is 3.17. The van der Waals surface area contributed by atoms with Gasteiger partial charge in [-0.25, -0.2) is 14.2 Å². The molecule has 0 aliphatic heterocycles. The molecule has 0 saturated carbocycles. The summed E-state index contributed by atoms with van der Waals surface area (Å²) < 4.78 is 50.3. The van der Waals surface area contributed by atoms with Gasteiger partial charge in [0.1, 0.15) is 19.8 Å². The Kier molecular flexibility index (Phi) is 15.7. The number of methoxy groups -OCH3 is 1. The lowest BCUT2D eigenvalue weighted by molar-refractivity contribution is -0.140. The number of ether oxygens (including phenoxy) is 5. The first-order valence-electron chi connectivity index (χ1n) is 9.79. The standard InChI is InChI=1S/C17H32N3O11P/c1-5-7-26-16(22)28-9-11-30-32(24,19-15(18)20(3)13-14(21)25-4)31-12-10-29-17(23)27-8-6-2/h5-13H2,1-4H3,(H2,18,19,24). The normalized spacial score (nSPS) is 11.4. The zero-order chi connectivity index (χ0) is 24.4. The van der Waals surface area contributed by atoms with Gasteiger partial charge in [0.2, 0.25) is 5.96 Å². The molecule has 0 aromatic heterocycles. The average Bonchev–Trinajstić information content (AvgIpc) is 2.76. The Balaban J connectivity index is 4.90. The molecule has 0 atom stereocenters. The number of carbonyl (C=O) groups excluding carboxylic acids is 3. The van der Waals surface area contributed by atoms with E-state index >= 15 is 0 Å². The van der Waals surface area contributed by atoms with Crippen molar-refractivity contribution in [1.82, 2.24) is 4.90 Å². The van der Waals surface area contributed by atoms with E-state index in [1.54, 1.807) is 0 Å². The van der Waals surface area contributed by atoms with Crippen LogP contribution < -0.4 is 5.73 Å². The number of hydrogen-bond acceptors (Lipinski definition) is 11. The number of nitrogens with zero attached hydrogens (tertiary/aromatic N) is 2. The molecular formula is C17H32N3O11P. The van der Waals surface area contributed by atoms with E-state index in [1.807, 2.05) is 13.8 Å². The number of esters is 1. The van der Waals surface area contributed by atoms with Gasteiger partial charge in [0.25, 0.3) is 0 Å². The molecule has 14 nitrogen and oxygen atoms in total. The maximum absolute atomic E-state index is 12.9. The van der Waals surface area contributed by atoms with Crippen molar-refractivity contribution in [2.45, 2.75) is 26.7 Å². The van der Waals surface area contributed by atoms with E-state index in [0.29, 0.717) is 12.8 Å². The summed E-state index contributed by atoms with van der Waals surface area (Å²) in [6.45, 7) is 2.40. The summed E-state index contributed by atoms with van der Waals surface area (Å²) in [7, 11) is -1.64. The van der Waals surface area contributed by atoms with Crippen molar-refractivity contribution in [3.63, 3.8) is 0 Å². The van der Waals surface area contributed by atoms with Gasteiger partial charge in [0.15, 0.2) is 0 Å². The van der Waals surface area contributed by atoms with Crippen molar-refractivity contribution in [3.05, 3.63) is 0 Å². The van der Waals surface area contributed by atoms with Crippen LogP contribution in [0.25, 0.3) is 0 Å². The number of likely N-dealkylation sites (N-methyl/N-ethyl adjacent to an activating group) is 1. The first-order valence-corrected chi connectivity index (χ1v) is 11.3. The Labute approximate surface area is 186 Å². The van der Waals surface area contributed by atoms with Crippen LogP contribution in [0.1, 0.15) is 26.7 Å². The maximum atomic E-state index is 12.9. The molecule has 0 aromatic carbocycles. The predicted molar refractivity (Wildman–Crippen MR) is 111 cm³/mol. The predicted octanol–water partition coefficient (Wildman–Crippen LogP) is 1.67. The lowest BCUT2D eigenvalue weighted by Crippen LogP contribution is -2.38. The Morgan fingerprint density at radius 2 is 1.28 bits per heavy atom. The highest BCUT2D eigenvalue weighted by atomic mass is 31.2. The molecule has 0 saturated heterocycles. The largest absolute Gasteiger partial charge is 0.508 e. The molecule has 0 aliphatic carbocycles. The number of carbonyl (C=O) groups is 3. The van der Waals surface area contributed by atoms with E-state index < -0.39 is 26.0 Å². The van der Waals surface area contributed by atoms with Gasteiger partial charge in [-0.1, -0.05) is 13.8 Å². The van der Waals surface area contributed by atoms with Crippen LogP contribution in [0.3, 0.4) is 0 Å². The highest BCUT2D eigenvalue weighted by molar-refractivity contribution is 7.52. The van der Waals surface area contributed by atoms with Crippen LogP contribution >= 0.6 is 7.75 Å². The summed E-state index contributed by atoms with van der Waals surface area (Å²) in [5, 5.41) is 0. The van der Waals surface area contributed by atoms with Gasteiger partial charge in [-0.15, -0.1) is 4.76 Å². The molecule has 0 radical (unpaired) electrons. The molecule has 0 aliphatic rings. The van der Waals surface area contributed by atoms with Crippen molar-refractivity contribution in [2.75, 3.05) is 60.3 Å². The summed E-state index contributed by atoms with van der Waals surface area (Å²) in [6.07, 6.45) is -0.581. The SMILES string of the molecule is CCCOC(=O)OCCOP(=O)(N=C(N)N(C)CC(=O)OC)OCCOC(=O)OCCC. The number of nitrogens with two attached hydrogens (primary N) is 1. The number of rotatable bonds is 15. The third kappa shape index (κ3) is 14.4. The van der Waals surface area contributed by atoms with E-state index in [0.717, 1.165) is 4.90 Å². The quantitative estimate of drug-likeness (QED) is 0.0886. The van der Waals surface area contributed by atoms with Gasteiger partial charge >= 0.3 is 26.0 Å². The molecule has 0 amide bonds. The van der Waals surface area contributed by atoms with Gasteiger partial charge in [0, 0.05) is 7.05 Å². The fourth-order valence-corrected chi connectivity index (χ4v) is 2.85. The third-order valence-corrected chi connectivity index (χ3v) is 4.64. The molecule has 0 fully saturated rings. The Morgan fingerprint density at radius 3 is 1.69 bits per heavy atom. The van der Waals surface area contributed by atoms with E-state index in [-0.39, 0.29) is 52.1 Å². The van der Waals surface area contributed by atoms with Crippen molar-refractivity contribution >= 4 is 32.0 Å². The summed E-state index contributed by atoms with van der Waals surface area (Å²) in [5.41, 5.74) is 5.75. The van der Waals surface area contributed by atoms with Crippen LogP contribution in [0.5, 0.6) is 0 Å². The highest BCUT2D eigenvalue weighted by Crippen LogP contribution is 2.49. The van der Waals surface area contributed by atoms with Crippen LogP contribution in [0.2, 0.25) is 0 Å². The molecule has 0 rings (SSSR count). The zero-order valence-electron chi connectivity index (χ0n) is 18.8. The zero-order valence-corrected chi connectivity index (χ0v) is 19.7. The van der Waals surface area contributed by atoms with Crippen LogP contribution in [-0.2, 0) is 42.1 Å². The van der Waals surface area contributed by atoms with E-state index in [2.05, 4.69) is 9.50 Å². The number of guanidine groups is 1. The molecule has 0 aromatic rings. The molecular weight excluding hydrogens is 453 g/mol. The molecule has 0 spiro atoms. The minimum atomic E-state index is -4.24. The lowest BCUT2D eigenvalue weighted by atomic mass is 10.5. The van der Waals surface area contributed by atoms with Gasteiger partial charge in [-0.2, -0.15) is 0 Å². The van der Waals surface area contributed by atoms with Gasteiger partial charge < -0.3 is 34.3 Å². The second kappa shape index (κ2) is 17.0. The van der Waals surface area contributed by atoms with Crippen molar-refractivity contribution in [2.24, 2.45) is 10.5 Å². The summed E-state index contributed by atoms with van der Waals surface area (Å²) in [5.74, 6) is -0.953. The molecule has 32 heavy (non-hydrogen) atoms. The lowest BCUT2D eigenvalue weighted by Gasteiger charge is -2.19. The molecule has 0 heterocycles. The second-order valence-electron chi connectivity index (χ2n) is 5.92. The second-order valence-corrected chi connectivity index (χ2v) is 7.57. The van der Waals surface area contributed by atoms with Gasteiger partial charge in [-0.05, 0) is 12.8 Å². The fourth-order valence-electron chi connectivity index (χ4n) is 1.65. The van der Waals surface area contributed by atoms with Crippen LogP contribution in [0.15, 0.2) is 4.76 Å². The number of hydrogen-bond donors (Lipinski definition) is 1. The Hall–Kier alpha value is -2.57. The van der Waals surface area contributed by atoms with Crippen molar-refractivity contribution in [1.29, 1.82) is 0 Å². The van der Waals surface area contributed by atoms with Gasteiger partial charge in [-0.3, -0.25) is 13.8 Å². The minimum Gasteiger partial charge on any atom is -0.468 e. The summed E-state index contributed by atoms with van der Waals surface area (Å²) >= 11 is 0. The van der Waals surface area contributed by atoms with E-state index in [9.17, 15) is 18.9 Å².